The topological polar surface area (TPSA) is 62.2 Å². The van der Waals surface area contributed by atoms with Crippen LogP contribution >= 0.6 is 11.8 Å². The number of fused-ring (bicyclic) bond motifs is 1. The SMILES string of the molecule is CCOC(=O)C1=C(c2ccccc2)N=C2SC=C(CC(=O)N(C)CC)N2C1c1cc(C)ccc1C. The van der Waals surface area contributed by atoms with Crippen molar-refractivity contribution in [3.05, 3.63) is 87.5 Å². The number of amidine groups is 1. The van der Waals surface area contributed by atoms with Gasteiger partial charge in [-0.2, -0.15) is 0 Å². The molecule has 182 valence electrons. The predicted octanol–water partition coefficient (Wildman–Crippen LogP) is 5.45. The summed E-state index contributed by atoms with van der Waals surface area (Å²) in [7, 11) is 1.80. The fraction of sp³-hybridized carbons (Fsp3) is 0.321. The molecule has 2 heterocycles. The van der Waals surface area contributed by atoms with Gasteiger partial charge in [0, 0.05) is 24.9 Å². The molecule has 0 saturated carbocycles. The van der Waals surface area contributed by atoms with Crippen LogP contribution in [0.2, 0.25) is 0 Å². The maximum Gasteiger partial charge on any atom is 0.338 e. The maximum absolute atomic E-state index is 13.6. The van der Waals surface area contributed by atoms with Gasteiger partial charge in [-0.1, -0.05) is 65.9 Å². The molecule has 2 aromatic rings. The van der Waals surface area contributed by atoms with Gasteiger partial charge in [0.05, 0.1) is 30.3 Å². The number of hydrogen-bond acceptors (Lipinski definition) is 6. The van der Waals surface area contributed by atoms with E-state index < -0.39 is 12.0 Å². The summed E-state index contributed by atoms with van der Waals surface area (Å²) in [6.07, 6.45) is 0.231. The van der Waals surface area contributed by atoms with Crippen LogP contribution in [-0.4, -0.2) is 47.0 Å². The fourth-order valence-electron chi connectivity index (χ4n) is 4.30. The number of thioether (sulfide) groups is 1. The van der Waals surface area contributed by atoms with Crippen LogP contribution in [-0.2, 0) is 14.3 Å². The first kappa shape index (κ1) is 24.8. The highest BCUT2D eigenvalue weighted by molar-refractivity contribution is 8.16. The largest absolute Gasteiger partial charge is 0.463 e. The minimum absolute atomic E-state index is 0.0239. The summed E-state index contributed by atoms with van der Waals surface area (Å²) in [5.74, 6) is -0.371. The van der Waals surface area contributed by atoms with Crippen LogP contribution in [0.5, 0.6) is 0 Å². The minimum Gasteiger partial charge on any atom is -0.463 e. The second-order valence-corrected chi connectivity index (χ2v) is 9.52. The smallest absolute Gasteiger partial charge is 0.338 e. The zero-order valence-corrected chi connectivity index (χ0v) is 21.7. The van der Waals surface area contributed by atoms with E-state index in [2.05, 4.69) is 18.2 Å². The van der Waals surface area contributed by atoms with E-state index in [9.17, 15) is 9.59 Å². The molecule has 0 N–H and O–H groups in total. The molecule has 0 aromatic heterocycles. The molecule has 0 spiro atoms. The quantitative estimate of drug-likeness (QED) is 0.484. The third-order valence-electron chi connectivity index (χ3n) is 6.31. The molecule has 2 aliphatic rings. The minimum atomic E-state index is -0.461. The van der Waals surface area contributed by atoms with E-state index in [1.165, 1.54) is 11.8 Å². The van der Waals surface area contributed by atoms with Gasteiger partial charge in [-0.3, -0.25) is 4.79 Å². The highest BCUT2D eigenvalue weighted by Gasteiger charge is 2.43. The molecule has 6 nitrogen and oxygen atoms in total. The standard InChI is InChI=1S/C28H31N3O3S/c1-6-30(5)23(32)16-21-17-35-28-29-25(20-11-9-8-10-12-20)24(27(33)34-7-2)26(31(21)28)22-15-18(3)13-14-19(22)4/h8-15,17,26H,6-7,16H2,1-5H3. The number of aryl methyl sites for hydroxylation is 2. The van der Waals surface area contributed by atoms with Crippen LogP contribution in [0.4, 0.5) is 0 Å². The van der Waals surface area contributed by atoms with Crippen LogP contribution < -0.4 is 0 Å². The highest BCUT2D eigenvalue weighted by atomic mass is 32.2. The summed E-state index contributed by atoms with van der Waals surface area (Å²) in [4.78, 5) is 35.1. The van der Waals surface area contributed by atoms with Gasteiger partial charge in [0.2, 0.25) is 5.91 Å². The average Bonchev–Trinajstić information content (AvgIpc) is 3.26. The molecule has 1 amide bonds. The van der Waals surface area contributed by atoms with Crippen LogP contribution in [0, 0.1) is 13.8 Å². The van der Waals surface area contributed by atoms with Crippen LogP contribution in [0.25, 0.3) is 5.70 Å². The fourth-order valence-corrected chi connectivity index (χ4v) is 5.22. The number of carbonyl (C=O) groups is 2. The normalized spacial score (nSPS) is 17.1. The summed E-state index contributed by atoms with van der Waals surface area (Å²) in [5.41, 5.74) is 5.94. The van der Waals surface area contributed by atoms with Crippen molar-refractivity contribution in [2.24, 2.45) is 4.99 Å². The summed E-state index contributed by atoms with van der Waals surface area (Å²) < 4.78 is 5.58. The molecule has 7 heteroatoms. The highest BCUT2D eigenvalue weighted by Crippen LogP contribution is 2.47. The van der Waals surface area contributed by atoms with E-state index in [1.54, 1.807) is 18.9 Å². The summed E-state index contributed by atoms with van der Waals surface area (Å²) in [5, 5.41) is 2.74. The zero-order chi connectivity index (χ0) is 25.1. The number of amides is 1. The Kier molecular flexibility index (Phi) is 7.45. The van der Waals surface area contributed by atoms with Crippen molar-refractivity contribution in [2.45, 2.75) is 40.2 Å². The summed E-state index contributed by atoms with van der Waals surface area (Å²) in [6.45, 7) is 8.75. The van der Waals surface area contributed by atoms with Gasteiger partial charge in [0.15, 0.2) is 5.17 Å². The molecule has 1 unspecified atom stereocenters. The number of hydrogen-bond donors (Lipinski definition) is 0. The van der Waals surface area contributed by atoms with E-state index in [1.807, 2.05) is 61.4 Å². The Balaban J connectivity index is 1.93. The molecule has 2 aliphatic heterocycles. The van der Waals surface area contributed by atoms with Crippen molar-refractivity contribution >= 4 is 34.5 Å². The molecule has 35 heavy (non-hydrogen) atoms. The zero-order valence-electron chi connectivity index (χ0n) is 20.9. The lowest BCUT2D eigenvalue weighted by atomic mass is 9.88. The first-order chi connectivity index (χ1) is 16.8. The molecular weight excluding hydrogens is 458 g/mol. The van der Waals surface area contributed by atoms with Crippen molar-refractivity contribution in [3.8, 4) is 0 Å². The molecule has 0 radical (unpaired) electrons. The molecule has 4 rings (SSSR count). The second-order valence-electron chi connectivity index (χ2n) is 8.69. The van der Waals surface area contributed by atoms with Gasteiger partial charge in [-0.15, -0.1) is 0 Å². The number of rotatable bonds is 7. The van der Waals surface area contributed by atoms with E-state index in [0.29, 0.717) is 17.8 Å². The van der Waals surface area contributed by atoms with E-state index in [4.69, 9.17) is 9.73 Å². The maximum atomic E-state index is 13.6. The number of carbonyl (C=O) groups excluding carboxylic acids is 2. The van der Waals surface area contributed by atoms with E-state index in [0.717, 1.165) is 33.1 Å². The number of benzene rings is 2. The van der Waals surface area contributed by atoms with Gasteiger partial charge in [0.25, 0.3) is 0 Å². The van der Waals surface area contributed by atoms with Gasteiger partial charge < -0.3 is 14.5 Å². The molecule has 0 aliphatic carbocycles. The van der Waals surface area contributed by atoms with Crippen molar-refractivity contribution < 1.29 is 14.3 Å². The van der Waals surface area contributed by atoms with E-state index in [-0.39, 0.29) is 18.9 Å². The third-order valence-corrected chi connectivity index (χ3v) is 7.20. The first-order valence-corrected chi connectivity index (χ1v) is 12.7. The van der Waals surface area contributed by atoms with Crippen molar-refractivity contribution in [1.29, 1.82) is 0 Å². The van der Waals surface area contributed by atoms with Crippen molar-refractivity contribution in [2.75, 3.05) is 20.2 Å². The van der Waals surface area contributed by atoms with Crippen LogP contribution in [0.3, 0.4) is 0 Å². The number of nitrogens with zero attached hydrogens (tertiary/aromatic N) is 3. The number of esters is 1. The van der Waals surface area contributed by atoms with Gasteiger partial charge in [0.1, 0.15) is 0 Å². The number of ether oxygens (including phenoxy) is 1. The molecular formula is C28H31N3O3S. The molecule has 1 atom stereocenters. The van der Waals surface area contributed by atoms with Crippen LogP contribution in [0.1, 0.15) is 48.6 Å². The Morgan fingerprint density at radius 3 is 2.54 bits per heavy atom. The Hall–Kier alpha value is -3.32. The van der Waals surface area contributed by atoms with Gasteiger partial charge in [-0.25, -0.2) is 9.79 Å². The summed E-state index contributed by atoms with van der Waals surface area (Å²) >= 11 is 1.49. The number of aliphatic imine (C=N–C) groups is 1. The van der Waals surface area contributed by atoms with E-state index >= 15 is 0 Å². The second kappa shape index (κ2) is 10.5. The van der Waals surface area contributed by atoms with Crippen molar-refractivity contribution in [1.82, 2.24) is 9.80 Å². The lowest BCUT2D eigenvalue weighted by Crippen LogP contribution is -2.38. The lowest BCUT2D eigenvalue weighted by molar-refractivity contribution is -0.139. The Bertz CT molecular complexity index is 1230. The van der Waals surface area contributed by atoms with Crippen LogP contribution in [0.15, 0.2) is 70.2 Å². The van der Waals surface area contributed by atoms with Crippen molar-refractivity contribution in [3.63, 3.8) is 0 Å². The molecule has 0 bridgehead atoms. The first-order valence-electron chi connectivity index (χ1n) is 11.9. The lowest BCUT2D eigenvalue weighted by Gasteiger charge is -2.37. The third kappa shape index (κ3) is 4.91. The molecule has 0 saturated heterocycles. The Morgan fingerprint density at radius 2 is 1.86 bits per heavy atom. The average molecular weight is 490 g/mol. The summed E-state index contributed by atoms with van der Waals surface area (Å²) in [6, 6.07) is 15.5. The monoisotopic (exact) mass is 489 g/mol. The molecule has 2 aromatic carbocycles. The van der Waals surface area contributed by atoms with Gasteiger partial charge >= 0.3 is 5.97 Å². The Morgan fingerprint density at radius 1 is 1.11 bits per heavy atom. The Labute approximate surface area is 211 Å². The molecule has 0 fully saturated rings. The van der Waals surface area contributed by atoms with Gasteiger partial charge in [-0.05, 0) is 44.2 Å². The predicted molar refractivity (Wildman–Crippen MR) is 142 cm³/mol.